The van der Waals surface area contributed by atoms with Gasteiger partial charge in [0, 0.05) is 4.47 Å². The van der Waals surface area contributed by atoms with Crippen LogP contribution >= 0.6 is 15.9 Å². The van der Waals surface area contributed by atoms with Crippen LogP contribution in [0.25, 0.3) is 0 Å². The highest BCUT2D eigenvalue weighted by molar-refractivity contribution is 9.10. The number of halogens is 2. The number of anilines is 1. The van der Waals surface area contributed by atoms with Gasteiger partial charge in [0.25, 0.3) is 10.1 Å². The number of rotatable bonds is 1. The fourth-order valence-electron chi connectivity index (χ4n) is 0.775. The minimum Gasteiger partial charge on any atom is -0.395 e. The Morgan fingerprint density at radius 2 is 2.00 bits per heavy atom. The molecule has 13 heavy (non-hydrogen) atoms. The number of hydrogen-bond donors (Lipinski definition) is 2. The molecule has 0 radical (unpaired) electrons. The van der Waals surface area contributed by atoms with E-state index in [9.17, 15) is 12.8 Å². The molecule has 0 aliphatic rings. The molecular weight excluding hydrogens is 265 g/mol. The normalized spacial score (nSPS) is 11.6. The highest BCUT2D eigenvalue weighted by Crippen LogP contribution is 2.25. The van der Waals surface area contributed by atoms with Crippen molar-refractivity contribution in [3.8, 4) is 0 Å². The summed E-state index contributed by atoms with van der Waals surface area (Å²) < 4.78 is 42.9. The fourth-order valence-corrected chi connectivity index (χ4v) is 2.01. The van der Waals surface area contributed by atoms with Gasteiger partial charge in [-0.2, -0.15) is 8.42 Å². The van der Waals surface area contributed by atoms with Crippen LogP contribution in [0.4, 0.5) is 10.1 Å². The summed E-state index contributed by atoms with van der Waals surface area (Å²) in [7, 11) is -4.47. The van der Waals surface area contributed by atoms with Crippen LogP contribution in [-0.2, 0) is 10.1 Å². The average Bonchev–Trinajstić information content (AvgIpc) is 1.94. The highest BCUT2D eigenvalue weighted by Gasteiger charge is 2.17. The first-order valence-electron chi connectivity index (χ1n) is 3.04. The molecule has 0 aromatic heterocycles. The summed E-state index contributed by atoms with van der Waals surface area (Å²) in [5.74, 6) is -0.901. The molecule has 0 saturated heterocycles. The van der Waals surface area contributed by atoms with E-state index in [1.165, 1.54) is 0 Å². The minimum atomic E-state index is -4.47. The van der Waals surface area contributed by atoms with Gasteiger partial charge in [-0.25, -0.2) is 4.39 Å². The van der Waals surface area contributed by atoms with Gasteiger partial charge in [0.1, 0.15) is 10.7 Å². The smallest absolute Gasteiger partial charge is 0.296 e. The SMILES string of the molecule is Nc1c(F)cc(Br)cc1S(=O)(=O)O. The van der Waals surface area contributed by atoms with Crippen molar-refractivity contribution in [2.45, 2.75) is 4.90 Å². The van der Waals surface area contributed by atoms with Crippen LogP contribution in [0.5, 0.6) is 0 Å². The Bertz CT molecular complexity index is 445. The summed E-state index contributed by atoms with van der Waals surface area (Å²) in [5.41, 5.74) is 4.51. The highest BCUT2D eigenvalue weighted by atomic mass is 79.9. The van der Waals surface area contributed by atoms with Crippen molar-refractivity contribution in [1.82, 2.24) is 0 Å². The maximum atomic E-state index is 12.8. The van der Waals surface area contributed by atoms with Crippen LogP contribution in [0.1, 0.15) is 0 Å². The van der Waals surface area contributed by atoms with Crippen LogP contribution in [-0.4, -0.2) is 13.0 Å². The Kier molecular flexibility index (Phi) is 2.60. The van der Waals surface area contributed by atoms with Gasteiger partial charge in [-0.3, -0.25) is 4.55 Å². The summed E-state index contributed by atoms with van der Waals surface area (Å²) in [6, 6.07) is 2.03. The van der Waals surface area contributed by atoms with Crippen molar-refractivity contribution in [3.05, 3.63) is 22.4 Å². The van der Waals surface area contributed by atoms with E-state index in [2.05, 4.69) is 15.9 Å². The van der Waals surface area contributed by atoms with E-state index >= 15 is 0 Å². The summed E-state index contributed by atoms with van der Waals surface area (Å²) in [6.45, 7) is 0. The molecule has 3 N–H and O–H groups in total. The number of nitrogen functional groups attached to an aromatic ring is 1. The lowest BCUT2D eigenvalue weighted by molar-refractivity contribution is 0.482. The molecule has 0 bridgehead atoms. The van der Waals surface area contributed by atoms with Gasteiger partial charge in [0.15, 0.2) is 0 Å². The third-order valence-corrected chi connectivity index (χ3v) is 2.69. The molecule has 0 heterocycles. The third-order valence-electron chi connectivity index (χ3n) is 1.33. The molecule has 1 aromatic carbocycles. The van der Waals surface area contributed by atoms with E-state index in [0.717, 1.165) is 12.1 Å². The van der Waals surface area contributed by atoms with Gasteiger partial charge in [-0.15, -0.1) is 0 Å². The van der Waals surface area contributed by atoms with Crippen molar-refractivity contribution in [3.63, 3.8) is 0 Å². The first-order valence-corrected chi connectivity index (χ1v) is 5.27. The predicted octanol–water partition coefficient (Wildman–Crippen LogP) is 1.42. The molecule has 0 atom stereocenters. The second-order valence-electron chi connectivity index (χ2n) is 2.27. The summed E-state index contributed by atoms with van der Waals surface area (Å²) >= 11 is 2.87. The van der Waals surface area contributed by atoms with Crippen molar-refractivity contribution in [1.29, 1.82) is 0 Å². The quantitative estimate of drug-likeness (QED) is 0.597. The molecule has 0 amide bonds. The maximum absolute atomic E-state index is 12.8. The molecule has 0 spiro atoms. The molecule has 0 aliphatic carbocycles. The lowest BCUT2D eigenvalue weighted by Gasteiger charge is -2.03. The summed E-state index contributed by atoms with van der Waals surface area (Å²) in [4.78, 5) is -0.639. The summed E-state index contributed by atoms with van der Waals surface area (Å²) in [5, 5.41) is 0. The first-order chi connectivity index (χ1) is 5.82. The van der Waals surface area contributed by atoms with Crippen LogP contribution in [0.15, 0.2) is 21.5 Å². The number of hydrogen-bond acceptors (Lipinski definition) is 3. The van der Waals surface area contributed by atoms with Gasteiger partial charge in [-0.1, -0.05) is 15.9 Å². The Morgan fingerprint density at radius 3 is 2.46 bits per heavy atom. The fraction of sp³-hybridized carbons (Fsp3) is 0. The monoisotopic (exact) mass is 269 g/mol. The molecule has 0 aliphatic heterocycles. The second kappa shape index (κ2) is 3.24. The number of nitrogens with two attached hydrogens (primary N) is 1. The van der Waals surface area contributed by atoms with Gasteiger partial charge >= 0.3 is 0 Å². The zero-order chi connectivity index (χ0) is 10.2. The van der Waals surface area contributed by atoms with E-state index in [0.29, 0.717) is 0 Å². The minimum absolute atomic E-state index is 0.187. The van der Waals surface area contributed by atoms with E-state index in [1.807, 2.05) is 0 Å². The summed E-state index contributed by atoms with van der Waals surface area (Å²) in [6.07, 6.45) is 0. The Morgan fingerprint density at radius 1 is 1.46 bits per heavy atom. The molecule has 4 nitrogen and oxygen atoms in total. The predicted molar refractivity (Wildman–Crippen MR) is 48.3 cm³/mol. The second-order valence-corrected chi connectivity index (χ2v) is 4.58. The molecule has 0 fully saturated rings. The van der Waals surface area contributed by atoms with Crippen LogP contribution < -0.4 is 5.73 Å². The molecule has 72 valence electrons. The molecule has 0 unspecified atom stereocenters. The average molecular weight is 270 g/mol. The van der Waals surface area contributed by atoms with E-state index in [1.54, 1.807) is 0 Å². The lowest BCUT2D eigenvalue weighted by atomic mass is 10.3. The molecule has 7 heteroatoms. The van der Waals surface area contributed by atoms with E-state index in [-0.39, 0.29) is 4.47 Å². The van der Waals surface area contributed by atoms with E-state index < -0.39 is 26.5 Å². The van der Waals surface area contributed by atoms with Crippen LogP contribution in [0.3, 0.4) is 0 Å². The van der Waals surface area contributed by atoms with E-state index in [4.69, 9.17) is 10.3 Å². The lowest BCUT2D eigenvalue weighted by Crippen LogP contribution is -2.05. The molecular formula is C6H5BrFNO3S. The van der Waals surface area contributed by atoms with Crippen molar-refractivity contribution < 1.29 is 17.4 Å². The topological polar surface area (TPSA) is 80.4 Å². The Labute approximate surface area is 82.4 Å². The zero-order valence-electron chi connectivity index (χ0n) is 6.16. The molecule has 0 saturated carbocycles. The van der Waals surface area contributed by atoms with Gasteiger partial charge in [-0.05, 0) is 12.1 Å². The molecule has 1 rings (SSSR count). The van der Waals surface area contributed by atoms with Crippen LogP contribution in [0.2, 0.25) is 0 Å². The number of benzene rings is 1. The zero-order valence-corrected chi connectivity index (χ0v) is 8.56. The standard InChI is InChI=1S/C6H5BrFNO3S/c7-3-1-4(8)6(9)5(2-3)13(10,11)12/h1-2H,9H2,(H,10,11,12). The Hall–Kier alpha value is -0.660. The largest absolute Gasteiger partial charge is 0.395 e. The van der Waals surface area contributed by atoms with Crippen LogP contribution in [0, 0.1) is 5.82 Å². The third kappa shape index (κ3) is 2.17. The van der Waals surface area contributed by atoms with Crippen molar-refractivity contribution in [2.24, 2.45) is 0 Å². The van der Waals surface area contributed by atoms with Crippen molar-refractivity contribution >= 4 is 31.7 Å². The van der Waals surface area contributed by atoms with Gasteiger partial charge in [0.05, 0.1) is 5.69 Å². The first kappa shape index (κ1) is 10.4. The molecule has 1 aromatic rings. The Balaban J connectivity index is 3.56. The van der Waals surface area contributed by atoms with Crippen molar-refractivity contribution in [2.75, 3.05) is 5.73 Å². The maximum Gasteiger partial charge on any atom is 0.296 e. The van der Waals surface area contributed by atoms with Gasteiger partial charge in [0.2, 0.25) is 0 Å². The van der Waals surface area contributed by atoms with Gasteiger partial charge < -0.3 is 5.73 Å².